The van der Waals surface area contributed by atoms with Crippen molar-refractivity contribution >= 4 is 10.0 Å². The summed E-state index contributed by atoms with van der Waals surface area (Å²) in [5.41, 5.74) is 6.92. The Balaban J connectivity index is 2.31. The molecule has 8 heteroatoms. The van der Waals surface area contributed by atoms with Crippen LogP contribution in [-0.2, 0) is 16.6 Å². The Hall–Kier alpha value is -0.960. The van der Waals surface area contributed by atoms with Crippen LogP contribution in [0, 0.1) is 6.92 Å². The monoisotopic (exact) mass is 287 g/mol. The van der Waals surface area contributed by atoms with Gasteiger partial charge in [-0.25, -0.2) is 8.42 Å². The summed E-state index contributed by atoms with van der Waals surface area (Å²) in [5, 5.41) is 6.73. The van der Waals surface area contributed by atoms with Gasteiger partial charge in [0.1, 0.15) is 0 Å². The Morgan fingerprint density at radius 1 is 1.32 bits per heavy atom. The molecular formula is C11H21N5O2S. The first-order valence-electron chi connectivity index (χ1n) is 6.39. The third-order valence-electron chi connectivity index (χ3n) is 3.50. The number of nitrogens with two attached hydrogens (primary N) is 1. The zero-order chi connectivity index (χ0) is 14.0. The fraction of sp³-hybridized carbons (Fsp3) is 0.727. The van der Waals surface area contributed by atoms with Gasteiger partial charge < -0.3 is 10.6 Å². The molecule has 0 aromatic carbocycles. The number of aromatic nitrogens is 2. The van der Waals surface area contributed by atoms with Crippen LogP contribution >= 0.6 is 0 Å². The number of likely N-dealkylation sites (N-methyl/N-ethyl adjacent to an activating group) is 1. The van der Waals surface area contributed by atoms with Gasteiger partial charge in [-0.05, 0) is 26.9 Å². The van der Waals surface area contributed by atoms with Crippen LogP contribution in [0.25, 0.3) is 0 Å². The van der Waals surface area contributed by atoms with Crippen molar-refractivity contribution in [3.8, 4) is 0 Å². The average Bonchev–Trinajstić information content (AvgIpc) is 2.60. The van der Waals surface area contributed by atoms with E-state index in [9.17, 15) is 8.42 Å². The lowest BCUT2D eigenvalue weighted by Gasteiger charge is -2.19. The van der Waals surface area contributed by atoms with Crippen LogP contribution in [0.3, 0.4) is 0 Å². The van der Waals surface area contributed by atoms with Gasteiger partial charge in [-0.15, -0.1) is 0 Å². The highest BCUT2D eigenvalue weighted by Gasteiger charge is 2.30. The highest BCUT2D eigenvalue weighted by Crippen LogP contribution is 2.21. The summed E-state index contributed by atoms with van der Waals surface area (Å²) in [7, 11) is -1.55. The molecule has 2 heterocycles. The number of rotatable bonds is 3. The molecule has 1 aromatic heterocycles. The lowest BCUT2D eigenvalue weighted by molar-refractivity contribution is 0.347. The predicted octanol–water partition coefficient (Wildman–Crippen LogP) is -0.497. The van der Waals surface area contributed by atoms with Crippen LogP contribution in [0.4, 0.5) is 0 Å². The van der Waals surface area contributed by atoms with Crippen LogP contribution in [0.5, 0.6) is 0 Å². The van der Waals surface area contributed by atoms with Crippen LogP contribution in [-0.4, -0.2) is 61.0 Å². The molecule has 3 N–H and O–H groups in total. The molecule has 7 nitrogen and oxygen atoms in total. The van der Waals surface area contributed by atoms with E-state index in [1.165, 1.54) is 4.31 Å². The number of hydrogen-bond acceptors (Lipinski definition) is 5. The van der Waals surface area contributed by atoms with Gasteiger partial charge in [0.2, 0.25) is 0 Å². The molecule has 0 amide bonds. The number of aromatic amines is 1. The Morgan fingerprint density at radius 2 is 2.05 bits per heavy atom. The standard InChI is InChI=1S/C11H21N5O2S/c1-9-10(8-12)11(14-13-9)19(17,18)16-5-3-4-15(2)6-7-16/h3-8,12H2,1-2H3,(H,13,14). The minimum absolute atomic E-state index is 0.0806. The number of sulfonamides is 1. The van der Waals surface area contributed by atoms with E-state index in [4.69, 9.17) is 5.73 Å². The van der Waals surface area contributed by atoms with Gasteiger partial charge >= 0.3 is 0 Å². The Bertz CT molecular complexity index is 539. The second-order valence-electron chi connectivity index (χ2n) is 4.90. The summed E-state index contributed by atoms with van der Waals surface area (Å²) in [6, 6.07) is 0. The molecule has 1 aromatic rings. The fourth-order valence-corrected chi connectivity index (χ4v) is 3.91. The van der Waals surface area contributed by atoms with Crippen LogP contribution in [0.15, 0.2) is 5.03 Å². The van der Waals surface area contributed by atoms with E-state index in [1.807, 2.05) is 7.05 Å². The van der Waals surface area contributed by atoms with Crippen molar-refractivity contribution in [2.45, 2.75) is 24.9 Å². The maximum atomic E-state index is 12.6. The largest absolute Gasteiger partial charge is 0.326 e. The zero-order valence-corrected chi connectivity index (χ0v) is 12.2. The van der Waals surface area contributed by atoms with Crippen molar-refractivity contribution in [1.29, 1.82) is 0 Å². The Labute approximate surface area is 113 Å². The van der Waals surface area contributed by atoms with Gasteiger partial charge in [0.25, 0.3) is 10.0 Å². The quantitative estimate of drug-likeness (QED) is 0.781. The van der Waals surface area contributed by atoms with E-state index in [2.05, 4.69) is 15.1 Å². The summed E-state index contributed by atoms with van der Waals surface area (Å²) in [6.45, 7) is 4.63. The second-order valence-corrected chi connectivity index (χ2v) is 6.75. The van der Waals surface area contributed by atoms with Crippen molar-refractivity contribution in [2.24, 2.45) is 5.73 Å². The molecule has 1 aliphatic heterocycles. The van der Waals surface area contributed by atoms with Crippen molar-refractivity contribution < 1.29 is 8.42 Å². The van der Waals surface area contributed by atoms with Gasteiger partial charge in [-0.3, -0.25) is 5.10 Å². The molecule has 1 fully saturated rings. The molecule has 0 atom stereocenters. The molecule has 19 heavy (non-hydrogen) atoms. The van der Waals surface area contributed by atoms with Gasteiger partial charge in [0.15, 0.2) is 5.03 Å². The molecule has 108 valence electrons. The summed E-state index contributed by atoms with van der Waals surface area (Å²) >= 11 is 0. The number of hydrogen-bond donors (Lipinski definition) is 2. The number of aryl methyl sites for hydroxylation is 1. The van der Waals surface area contributed by atoms with Crippen molar-refractivity contribution in [3.63, 3.8) is 0 Å². The maximum Gasteiger partial charge on any atom is 0.262 e. The molecule has 0 aliphatic carbocycles. The van der Waals surface area contributed by atoms with Crippen LogP contribution < -0.4 is 5.73 Å². The van der Waals surface area contributed by atoms with Crippen molar-refractivity contribution in [1.82, 2.24) is 19.4 Å². The normalized spacial score (nSPS) is 19.5. The highest BCUT2D eigenvalue weighted by molar-refractivity contribution is 7.89. The van der Waals surface area contributed by atoms with Crippen molar-refractivity contribution in [2.75, 3.05) is 33.2 Å². The Kier molecular flexibility index (Phi) is 4.24. The first-order valence-corrected chi connectivity index (χ1v) is 7.83. The molecule has 2 rings (SSSR count). The Morgan fingerprint density at radius 3 is 2.74 bits per heavy atom. The minimum Gasteiger partial charge on any atom is -0.326 e. The maximum absolute atomic E-state index is 12.6. The smallest absolute Gasteiger partial charge is 0.262 e. The lowest BCUT2D eigenvalue weighted by Crippen LogP contribution is -2.35. The van der Waals surface area contributed by atoms with E-state index < -0.39 is 10.0 Å². The molecular weight excluding hydrogens is 266 g/mol. The minimum atomic E-state index is -3.55. The molecule has 0 radical (unpaired) electrons. The third kappa shape index (κ3) is 2.81. The topological polar surface area (TPSA) is 95.3 Å². The first-order chi connectivity index (χ1) is 8.96. The van der Waals surface area contributed by atoms with E-state index in [0.717, 1.165) is 19.5 Å². The first kappa shape index (κ1) is 14.4. The molecule has 0 bridgehead atoms. The summed E-state index contributed by atoms with van der Waals surface area (Å²) in [5.74, 6) is 0. The number of nitrogens with zero attached hydrogens (tertiary/aromatic N) is 3. The molecule has 1 saturated heterocycles. The fourth-order valence-electron chi connectivity index (χ4n) is 2.27. The van der Waals surface area contributed by atoms with Gasteiger partial charge in [-0.2, -0.15) is 9.40 Å². The number of nitrogens with one attached hydrogen (secondary N) is 1. The highest BCUT2D eigenvalue weighted by atomic mass is 32.2. The van der Waals surface area contributed by atoms with Gasteiger partial charge in [0.05, 0.1) is 0 Å². The van der Waals surface area contributed by atoms with Gasteiger partial charge in [-0.1, -0.05) is 0 Å². The number of H-pyrrole nitrogens is 1. The SMILES string of the molecule is Cc1[nH]nc(S(=O)(=O)N2CCCN(C)CC2)c1CN. The summed E-state index contributed by atoms with van der Waals surface area (Å²) < 4.78 is 26.7. The van der Waals surface area contributed by atoms with E-state index in [0.29, 0.717) is 24.3 Å². The second kappa shape index (κ2) is 5.58. The summed E-state index contributed by atoms with van der Waals surface area (Å²) in [6.07, 6.45) is 0.830. The molecule has 1 aliphatic rings. The van der Waals surface area contributed by atoms with E-state index in [1.54, 1.807) is 6.92 Å². The molecule has 0 saturated carbocycles. The van der Waals surface area contributed by atoms with Gasteiger partial charge in [0, 0.05) is 37.4 Å². The molecule has 0 spiro atoms. The van der Waals surface area contributed by atoms with Crippen LogP contribution in [0.2, 0.25) is 0 Å². The van der Waals surface area contributed by atoms with E-state index in [-0.39, 0.29) is 11.6 Å². The van der Waals surface area contributed by atoms with E-state index >= 15 is 0 Å². The predicted molar refractivity (Wildman–Crippen MR) is 72.1 cm³/mol. The third-order valence-corrected chi connectivity index (χ3v) is 5.37. The molecule has 0 unspecified atom stereocenters. The van der Waals surface area contributed by atoms with Crippen LogP contribution in [0.1, 0.15) is 17.7 Å². The average molecular weight is 287 g/mol. The zero-order valence-electron chi connectivity index (χ0n) is 11.4. The lowest BCUT2D eigenvalue weighted by atomic mass is 10.3. The van der Waals surface area contributed by atoms with Crippen molar-refractivity contribution in [3.05, 3.63) is 11.3 Å². The summed E-state index contributed by atoms with van der Waals surface area (Å²) in [4.78, 5) is 2.13.